The molecule has 1 heterocycles. The van der Waals surface area contributed by atoms with Gasteiger partial charge >= 0.3 is 6.03 Å². The van der Waals surface area contributed by atoms with Crippen LogP contribution in [0.25, 0.3) is 0 Å². The molecule has 126 valence electrons. The number of likely N-dealkylation sites (tertiary alicyclic amines) is 1. The van der Waals surface area contributed by atoms with E-state index in [1.807, 2.05) is 24.3 Å². The highest BCUT2D eigenvalue weighted by molar-refractivity contribution is 6.30. The molecule has 1 saturated heterocycles. The smallest absolute Gasteiger partial charge is 0.318 e. The van der Waals surface area contributed by atoms with Gasteiger partial charge in [-0.05, 0) is 49.8 Å². The summed E-state index contributed by atoms with van der Waals surface area (Å²) < 4.78 is 0. The van der Waals surface area contributed by atoms with Crippen LogP contribution in [0.5, 0.6) is 0 Å². The second kappa shape index (κ2) is 6.30. The molecule has 1 aliphatic carbocycles. The summed E-state index contributed by atoms with van der Waals surface area (Å²) in [5.41, 5.74) is -0.249. The molecule has 2 aliphatic rings. The molecule has 3 N–H and O–H groups in total. The zero-order chi connectivity index (χ0) is 16.5. The zero-order valence-electron chi connectivity index (χ0n) is 13.1. The largest absolute Gasteiger partial charge is 0.393 e. The van der Waals surface area contributed by atoms with Crippen LogP contribution in [0.4, 0.5) is 4.79 Å². The fourth-order valence-corrected chi connectivity index (χ4v) is 3.33. The molecule has 0 bridgehead atoms. The number of halogens is 1. The van der Waals surface area contributed by atoms with E-state index in [4.69, 9.17) is 11.6 Å². The Hall–Kier alpha value is -1.30. The third-order valence-corrected chi connectivity index (χ3v) is 5.24. The number of hydrogen-bond acceptors (Lipinski definition) is 3. The molecule has 6 heteroatoms. The Balaban J connectivity index is 1.64. The van der Waals surface area contributed by atoms with Gasteiger partial charge in [0.25, 0.3) is 0 Å². The van der Waals surface area contributed by atoms with E-state index in [9.17, 15) is 15.0 Å². The van der Waals surface area contributed by atoms with Crippen molar-refractivity contribution in [3.63, 3.8) is 0 Å². The van der Waals surface area contributed by atoms with Crippen LogP contribution < -0.4 is 5.32 Å². The van der Waals surface area contributed by atoms with E-state index in [0.29, 0.717) is 37.4 Å². The van der Waals surface area contributed by atoms with Crippen molar-refractivity contribution >= 4 is 17.6 Å². The molecule has 0 aromatic heterocycles. The summed E-state index contributed by atoms with van der Waals surface area (Å²) >= 11 is 5.93. The average Bonchev–Trinajstić information content (AvgIpc) is 3.33. The number of urea groups is 1. The Morgan fingerprint density at radius 1 is 1.17 bits per heavy atom. The maximum atomic E-state index is 12.6. The van der Waals surface area contributed by atoms with E-state index in [1.165, 1.54) is 0 Å². The van der Waals surface area contributed by atoms with Crippen LogP contribution in [0, 0.1) is 0 Å². The first-order valence-corrected chi connectivity index (χ1v) is 8.51. The lowest BCUT2D eigenvalue weighted by Gasteiger charge is -2.27. The number of carbonyl (C=O) groups is 1. The first kappa shape index (κ1) is 16.6. The first-order chi connectivity index (χ1) is 11.0. The summed E-state index contributed by atoms with van der Waals surface area (Å²) in [6.45, 7) is 0.807. The highest BCUT2D eigenvalue weighted by Crippen LogP contribution is 2.45. The van der Waals surface area contributed by atoms with Crippen molar-refractivity contribution in [3.05, 3.63) is 34.9 Å². The van der Waals surface area contributed by atoms with Crippen molar-refractivity contribution in [1.82, 2.24) is 10.2 Å². The Kier molecular flexibility index (Phi) is 4.54. The topological polar surface area (TPSA) is 72.8 Å². The van der Waals surface area contributed by atoms with Gasteiger partial charge in [-0.2, -0.15) is 0 Å². The third-order valence-electron chi connectivity index (χ3n) is 4.99. The van der Waals surface area contributed by atoms with E-state index in [2.05, 4.69) is 5.32 Å². The Morgan fingerprint density at radius 3 is 2.48 bits per heavy atom. The van der Waals surface area contributed by atoms with Crippen LogP contribution >= 0.6 is 11.6 Å². The lowest BCUT2D eigenvalue weighted by atomic mass is 9.96. The molecule has 3 rings (SSSR count). The highest BCUT2D eigenvalue weighted by atomic mass is 35.5. The summed E-state index contributed by atoms with van der Waals surface area (Å²) in [7, 11) is 0. The highest BCUT2D eigenvalue weighted by Gasteiger charge is 2.46. The first-order valence-electron chi connectivity index (χ1n) is 8.13. The number of aliphatic hydroxyl groups excluding tert-OH is 1. The lowest BCUT2D eigenvalue weighted by Crippen LogP contribution is -2.46. The van der Waals surface area contributed by atoms with Crippen molar-refractivity contribution in [3.8, 4) is 0 Å². The summed E-state index contributed by atoms with van der Waals surface area (Å²) in [4.78, 5) is 14.3. The fourth-order valence-electron chi connectivity index (χ4n) is 3.20. The average molecular weight is 339 g/mol. The lowest BCUT2D eigenvalue weighted by molar-refractivity contribution is -0.0248. The van der Waals surface area contributed by atoms with Gasteiger partial charge in [-0.3, -0.25) is 0 Å². The number of rotatable bonds is 3. The molecule has 23 heavy (non-hydrogen) atoms. The predicted octanol–water partition coefficient (Wildman–Crippen LogP) is 2.25. The van der Waals surface area contributed by atoms with E-state index >= 15 is 0 Å². The van der Waals surface area contributed by atoms with Gasteiger partial charge in [0, 0.05) is 18.1 Å². The number of benzene rings is 1. The second-order valence-corrected chi connectivity index (χ2v) is 7.18. The number of amides is 2. The molecule has 1 aromatic rings. The van der Waals surface area contributed by atoms with Crippen LogP contribution in [-0.2, 0) is 5.54 Å². The van der Waals surface area contributed by atoms with Gasteiger partial charge in [0.2, 0.25) is 0 Å². The van der Waals surface area contributed by atoms with Gasteiger partial charge < -0.3 is 20.4 Å². The van der Waals surface area contributed by atoms with Gasteiger partial charge in [0.05, 0.1) is 17.7 Å². The van der Waals surface area contributed by atoms with E-state index in [1.54, 1.807) is 4.90 Å². The number of hydrogen-bond donors (Lipinski definition) is 3. The van der Waals surface area contributed by atoms with Gasteiger partial charge in [-0.1, -0.05) is 23.7 Å². The van der Waals surface area contributed by atoms with Gasteiger partial charge in [0.15, 0.2) is 0 Å². The maximum Gasteiger partial charge on any atom is 0.318 e. The molecule has 2 amide bonds. The molecule has 0 spiro atoms. The van der Waals surface area contributed by atoms with Crippen molar-refractivity contribution in [2.24, 2.45) is 0 Å². The molecule has 0 radical (unpaired) electrons. The van der Waals surface area contributed by atoms with Gasteiger partial charge in [-0.15, -0.1) is 0 Å². The monoisotopic (exact) mass is 338 g/mol. The van der Waals surface area contributed by atoms with Crippen LogP contribution in [0.3, 0.4) is 0 Å². The molecule has 2 fully saturated rings. The second-order valence-electron chi connectivity index (χ2n) is 6.74. The Bertz CT molecular complexity index is 574. The quantitative estimate of drug-likeness (QED) is 0.791. The van der Waals surface area contributed by atoms with E-state index < -0.39 is 5.60 Å². The maximum absolute atomic E-state index is 12.6. The van der Waals surface area contributed by atoms with Crippen LogP contribution in [0.1, 0.15) is 37.7 Å². The van der Waals surface area contributed by atoms with Crippen molar-refractivity contribution in [2.45, 2.75) is 43.2 Å². The number of nitrogens with zero attached hydrogens (tertiary/aromatic N) is 1. The number of nitrogens with one attached hydrogen (secondary N) is 1. The molecular formula is C17H23ClN2O3. The normalized spacial score (nSPS) is 26.5. The molecule has 1 unspecified atom stereocenters. The van der Waals surface area contributed by atoms with Crippen molar-refractivity contribution < 1.29 is 15.0 Å². The number of carbonyl (C=O) groups excluding carboxylic acids is 1. The van der Waals surface area contributed by atoms with Crippen LogP contribution in [0.15, 0.2) is 24.3 Å². The number of aliphatic hydroxyl groups is 2. The van der Waals surface area contributed by atoms with Crippen LogP contribution in [-0.4, -0.2) is 46.4 Å². The van der Waals surface area contributed by atoms with E-state index in [-0.39, 0.29) is 18.2 Å². The van der Waals surface area contributed by atoms with Crippen LogP contribution in [0.2, 0.25) is 5.02 Å². The van der Waals surface area contributed by atoms with Crippen molar-refractivity contribution in [1.29, 1.82) is 0 Å². The standard InChI is InChI=1S/C17H23ClN2O3/c18-14-4-2-13(3-5-14)17(7-8-17)19-15(22)20-10-1-6-16(23,12-21)9-11-20/h2-5,21,23H,1,6-12H2,(H,19,22). The molecule has 5 nitrogen and oxygen atoms in total. The molecule has 1 aromatic carbocycles. The zero-order valence-corrected chi connectivity index (χ0v) is 13.9. The van der Waals surface area contributed by atoms with Crippen molar-refractivity contribution in [2.75, 3.05) is 19.7 Å². The molecule has 1 aliphatic heterocycles. The minimum atomic E-state index is -1.05. The van der Waals surface area contributed by atoms with Gasteiger partial charge in [-0.25, -0.2) is 4.79 Å². The SMILES string of the molecule is O=C(NC1(c2ccc(Cl)cc2)CC1)N1CCCC(O)(CO)CC1. The minimum absolute atomic E-state index is 0.0976. The Morgan fingerprint density at radius 2 is 1.87 bits per heavy atom. The van der Waals surface area contributed by atoms with Gasteiger partial charge in [0.1, 0.15) is 0 Å². The minimum Gasteiger partial charge on any atom is -0.393 e. The summed E-state index contributed by atoms with van der Waals surface area (Å²) in [5.74, 6) is 0. The van der Waals surface area contributed by atoms with E-state index in [0.717, 1.165) is 18.4 Å². The predicted molar refractivity (Wildman–Crippen MR) is 88.4 cm³/mol. The summed E-state index contributed by atoms with van der Waals surface area (Å²) in [6, 6.07) is 7.51. The molecule has 1 saturated carbocycles. The molecular weight excluding hydrogens is 316 g/mol. The fraction of sp³-hybridized carbons (Fsp3) is 0.588. The summed E-state index contributed by atoms with van der Waals surface area (Å²) in [5, 5.41) is 23.3. The Labute approximate surface area is 141 Å². The molecule has 1 atom stereocenters. The summed E-state index contributed by atoms with van der Waals surface area (Å²) in [6.07, 6.45) is 3.47. The third kappa shape index (κ3) is 3.62.